The van der Waals surface area contributed by atoms with Gasteiger partial charge in [-0.2, -0.15) is 26.3 Å². The Morgan fingerprint density at radius 1 is 0.867 bits per heavy atom. The zero-order chi connectivity index (χ0) is 11.9. The van der Waals surface area contributed by atoms with Crippen LogP contribution in [0, 0.1) is 0 Å². The van der Waals surface area contributed by atoms with E-state index >= 15 is 0 Å². The molecule has 1 aromatic carbocycles. The normalized spacial score (nSPS) is 13.2. The zero-order valence-electron chi connectivity index (χ0n) is 7.50. The zero-order valence-corrected chi connectivity index (χ0v) is 9.50. The molecule has 0 saturated heterocycles. The van der Waals surface area contributed by atoms with Gasteiger partial charge in [-0.15, -0.1) is 0 Å². The van der Waals surface area contributed by atoms with Crippen LogP contribution in [-0.4, -0.2) is 10.2 Å². The largest absolute Gasteiger partial charge is 0.416 e. The molecule has 0 unspecified atom stereocenters. The van der Waals surface area contributed by atoms with Crippen LogP contribution in [0.5, 0.6) is 0 Å². The number of hydrogen-bond acceptors (Lipinski definition) is 0. The minimum absolute atomic E-state index is 0.0537. The van der Waals surface area contributed by atoms with Crippen LogP contribution in [0.15, 0.2) is 18.2 Å². The van der Waals surface area contributed by atoms with Crippen molar-refractivity contribution in [2.45, 2.75) is 12.4 Å². The third kappa shape index (κ3) is 2.74. The van der Waals surface area contributed by atoms with E-state index in [2.05, 4.69) is 0 Å². The van der Waals surface area contributed by atoms with Gasteiger partial charge in [0, 0.05) is 10.2 Å². The molecule has 1 rings (SSSR count). The summed E-state index contributed by atoms with van der Waals surface area (Å²) in [5.41, 5.74) is -2.46. The van der Waals surface area contributed by atoms with Gasteiger partial charge in [0.25, 0.3) is 0 Å². The van der Waals surface area contributed by atoms with E-state index in [1.54, 1.807) is 0 Å². The van der Waals surface area contributed by atoms with Gasteiger partial charge in [-0.05, 0) is 6.07 Å². The second-order valence-electron chi connectivity index (χ2n) is 3.03. The minimum atomic E-state index is -4.74. The molecule has 0 nitrogen and oxygen atoms in total. The van der Waals surface area contributed by atoms with Crippen LogP contribution in [0.1, 0.15) is 11.1 Å². The molecule has 15 heavy (non-hydrogen) atoms. The van der Waals surface area contributed by atoms with Gasteiger partial charge in [-0.1, -0.05) is 17.3 Å². The summed E-state index contributed by atoms with van der Waals surface area (Å²) in [6.45, 7) is 0. The van der Waals surface area contributed by atoms with Crippen molar-refractivity contribution in [3.63, 3.8) is 0 Å². The van der Waals surface area contributed by atoms with Gasteiger partial charge in [0.2, 0.25) is 0 Å². The number of halogens is 6. The van der Waals surface area contributed by atoms with Crippen LogP contribution in [0.3, 0.4) is 0 Å². The molecule has 0 N–H and O–H groups in total. The Bertz CT molecular complexity index is 364. The summed E-state index contributed by atoms with van der Waals surface area (Å²) in [4.78, 5) is 0. The monoisotopic (exact) mass is 244 g/mol. The third-order valence-electron chi connectivity index (χ3n) is 1.87. The van der Waals surface area contributed by atoms with Crippen molar-refractivity contribution >= 4 is 15.4 Å². The average molecular weight is 244 g/mol. The van der Waals surface area contributed by atoms with Crippen LogP contribution >= 0.6 is 0 Å². The lowest BCUT2D eigenvalue weighted by molar-refractivity contribution is -0.142. The molecular weight excluding hydrogens is 238 g/mol. The molecule has 0 aliphatic heterocycles. The summed E-state index contributed by atoms with van der Waals surface area (Å²) < 4.78 is 73.2. The molecule has 0 bridgehead atoms. The van der Waals surface area contributed by atoms with Gasteiger partial charge < -0.3 is 0 Å². The van der Waals surface area contributed by atoms with E-state index in [0.29, 0.717) is 6.07 Å². The fourth-order valence-corrected chi connectivity index (χ4v) is 1.70. The van der Waals surface area contributed by atoms with Gasteiger partial charge in [0.15, 0.2) is 0 Å². The highest BCUT2D eigenvalue weighted by Crippen LogP contribution is 2.33. The van der Waals surface area contributed by atoms with Crippen molar-refractivity contribution in [3.8, 4) is 0 Å². The van der Waals surface area contributed by atoms with Gasteiger partial charge in [0.05, 0.1) is 11.1 Å². The standard InChI is InChI=1S/C8H6F6Si/c9-7(10,11)4-1-2-6(15)5(3-4)8(12,13)14/h1-3H,15H3. The van der Waals surface area contributed by atoms with Crippen molar-refractivity contribution in [3.05, 3.63) is 29.3 Å². The third-order valence-corrected chi connectivity index (χ3v) is 2.74. The summed E-state index contributed by atoms with van der Waals surface area (Å²) in [5.74, 6) is 0. The molecular formula is C8H6F6Si. The van der Waals surface area contributed by atoms with Gasteiger partial charge in [0.1, 0.15) is 0 Å². The first-order valence-corrected chi connectivity index (χ1v) is 4.87. The maximum atomic E-state index is 12.3. The molecule has 7 heteroatoms. The SMILES string of the molecule is FC(F)(F)c1ccc([SiH3])c(C(F)(F)F)c1. The van der Waals surface area contributed by atoms with E-state index in [4.69, 9.17) is 0 Å². The highest BCUT2D eigenvalue weighted by molar-refractivity contribution is 6.33. The Balaban J connectivity index is 3.30. The van der Waals surface area contributed by atoms with E-state index in [-0.39, 0.29) is 21.5 Å². The second-order valence-corrected chi connectivity index (χ2v) is 4.10. The molecule has 0 spiro atoms. The van der Waals surface area contributed by atoms with E-state index in [1.165, 1.54) is 0 Å². The minimum Gasteiger partial charge on any atom is -0.166 e. The molecule has 0 aliphatic rings. The molecule has 84 valence electrons. The Morgan fingerprint density at radius 2 is 1.40 bits per heavy atom. The van der Waals surface area contributed by atoms with Crippen LogP contribution in [-0.2, 0) is 12.4 Å². The highest BCUT2D eigenvalue weighted by atomic mass is 28.1. The van der Waals surface area contributed by atoms with Crippen molar-refractivity contribution < 1.29 is 26.3 Å². The number of benzene rings is 1. The van der Waals surface area contributed by atoms with E-state index in [1.807, 2.05) is 0 Å². The summed E-state index contributed by atoms with van der Waals surface area (Å²) in [5, 5.41) is -0.0875. The lowest BCUT2D eigenvalue weighted by Crippen LogP contribution is -2.21. The lowest BCUT2D eigenvalue weighted by Gasteiger charge is -2.13. The lowest BCUT2D eigenvalue weighted by atomic mass is 10.1. The number of alkyl halides is 6. The summed E-state index contributed by atoms with van der Waals surface area (Å²) in [6, 6.07) is 1.69. The summed E-state index contributed by atoms with van der Waals surface area (Å²) in [6.07, 6.45) is -9.46. The van der Waals surface area contributed by atoms with Crippen LogP contribution in [0.4, 0.5) is 26.3 Å². The first-order valence-electron chi connectivity index (χ1n) is 3.87. The molecule has 0 aliphatic carbocycles. The Hall–Kier alpha value is -0.983. The van der Waals surface area contributed by atoms with Crippen LogP contribution in [0.25, 0.3) is 0 Å². The number of rotatable bonds is 0. The average Bonchev–Trinajstić information content (AvgIpc) is 2.00. The predicted molar refractivity (Wildman–Crippen MR) is 46.0 cm³/mol. The second kappa shape index (κ2) is 3.55. The molecule has 0 radical (unpaired) electrons. The topological polar surface area (TPSA) is 0 Å². The molecule has 0 amide bonds. The van der Waals surface area contributed by atoms with E-state index in [9.17, 15) is 26.3 Å². The molecule has 0 saturated carbocycles. The van der Waals surface area contributed by atoms with E-state index in [0.717, 1.165) is 6.07 Å². The van der Waals surface area contributed by atoms with E-state index < -0.39 is 23.5 Å². The van der Waals surface area contributed by atoms with Crippen molar-refractivity contribution in [1.29, 1.82) is 0 Å². The molecule has 0 aromatic heterocycles. The van der Waals surface area contributed by atoms with Crippen molar-refractivity contribution in [2.75, 3.05) is 0 Å². The van der Waals surface area contributed by atoms with Crippen LogP contribution < -0.4 is 5.19 Å². The first-order chi connectivity index (χ1) is 6.62. The highest BCUT2D eigenvalue weighted by Gasteiger charge is 2.37. The molecule has 0 heterocycles. The Labute approximate surface area is 84.3 Å². The van der Waals surface area contributed by atoms with Gasteiger partial charge in [-0.3, -0.25) is 0 Å². The van der Waals surface area contributed by atoms with Gasteiger partial charge >= 0.3 is 12.4 Å². The fourth-order valence-electron chi connectivity index (χ4n) is 1.10. The van der Waals surface area contributed by atoms with Crippen molar-refractivity contribution in [1.82, 2.24) is 0 Å². The quantitative estimate of drug-likeness (QED) is 0.481. The smallest absolute Gasteiger partial charge is 0.166 e. The summed E-state index contributed by atoms with van der Waals surface area (Å²) in [7, 11) is 0.0537. The van der Waals surface area contributed by atoms with Gasteiger partial charge in [-0.25, -0.2) is 0 Å². The Morgan fingerprint density at radius 3 is 1.80 bits per heavy atom. The van der Waals surface area contributed by atoms with Crippen LogP contribution in [0.2, 0.25) is 0 Å². The Kier molecular flexibility index (Phi) is 2.86. The maximum Gasteiger partial charge on any atom is 0.416 e. The summed E-state index contributed by atoms with van der Waals surface area (Å²) >= 11 is 0. The predicted octanol–water partition coefficient (Wildman–Crippen LogP) is 1.71. The number of hydrogen-bond donors (Lipinski definition) is 0. The van der Waals surface area contributed by atoms with Crippen molar-refractivity contribution in [2.24, 2.45) is 0 Å². The fraction of sp³-hybridized carbons (Fsp3) is 0.250. The first kappa shape index (κ1) is 12.1. The molecule has 1 aromatic rings. The molecule has 0 atom stereocenters. The molecule has 0 fully saturated rings. The maximum absolute atomic E-state index is 12.3.